The van der Waals surface area contributed by atoms with Gasteiger partial charge in [0.1, 0.15) is 11.5 Å². The Morgan fingerprint density at radius 2 is 2.04 bits per heavy atom. The summed E-state index contributed by atoms with van der Waals surface area (Å²) in [5, 5.41) is 0. The van der Waals surface area contributed by atoms with Crippen LogP contribution in [0.5, 0.6) is 0 Å². The van der Waals surface area contributed by atoms with Gasteiger partial charge in [-0.05, 0) is 19.4 Å². The molecule has 0 saturated carbocycles. The van der Waals surface area contributed by atoms with Gasteiger partial charge in [-0.15, -0.1) is 0 Å². The van der Waals surface area contributed by atoms with Gasteiger partial charge in [0.2, 0.25) is 0 Å². The number of H-pyrrole nitrogens is 1. The molecule has 0 aromatic carbocycles. The van der Waals surface area contributed by atoms with Gasteiger partial charge >= 0.3 is 11.9 Å². The van der Waals surface area contributed by atoms with Crippen molar-refractivity contribution in [2.75, 3.05) is 13.1 Å². The van der Waals surface area contributed by atoms with Crippen molar-refractivity contribution in [1.82, 2.24) is 24.0 Å². The largest absolute Gasteiger partial charge is 0.432 e. The molecule has 1 unspecified atom stereocenters. The molecule has 0 spiro atoms. The second-order valence-corrected chi connectivity index (χ2v) is 6.67. The third-order valence-electron chi connectivity index (χ3n) is 4.70. The average molecular weight is 371 g/mol. The fraction of sp³-hybridized carbons (Fsp3) is 0.562. The monoisotopic (exact) mass is 371 g/mol. The van der Waals surface area contributed by atoms with Gasteiger partial charge in [0.05, 0.1) is 6.20 Å². The highest BCUT2D eigenvalue weighted by Crippen LogP contribution is 2.31. The van der Waals surface area contributed by atoms with Crippen LogP contribution < -0.4 is 11.2 Å². The smallest absolute Gasteiger partial charge is 0.338 e. The van der Waals surface area contributed by atoms with E-state index < -0.39 is 17.6 Å². The molecule has 1 atom stereocenters. The number of likely N-dealkylation sites (tertiary alicyclic amines) is 1. The molecule has 3 heterocycles. The number of nitrogens with one attached hydrogen (secondary N) is 1. The third-order valence-corrected chi connectivity index (χ3v) is 4.70. The second kappa shape index (κ2) is 6.75. The van der Waals surface area contributed by atoms with Crippen LogP contribution in [0.3, 0.4) is 0 Å². The zero-order valence-corrected chi connectivity index (χ0v) is 14.5. The zero-order valence-electron chi connectivity index (χ0n) is 14.5. The lowest BCUT2D eigenvalue weighted by atomic mass is 9.97. The molecule has 2 aromatic rings. The Morgan fingerprint density at radius 1 is 1.31 bits per heavy atom. The second-order valence-electron chi connectivity index (χ2n) is 6.67. The number of aromatic nitrogens is 4. The first-order valence-electron chi connectivity index (χ1n) is 8.27. The van der Waals surface area contributed by atoms with Gasteiger partial charge in [-0.25, -0.2) is 9.78 Å². The summed E-state index contributed by atoms with van der Waals surface area (Å²) in [5.41, 5.74) is -1.12. The fourth-order valence-corrected chi connectivity index (χ4v) is 3.34. The molecule has 1 fully saturated rings. The molecule has 142 valence electrons. The molecule has 1 N–H and O–H groups in total. The molecule has 1 aliphatic rings. The van der Waals surface area contributed by atoms with Crippen molar-refractivity contribution in [3.05, 3.63) is 50.3 Å². The van der Waals surface area contributed by atoms with Crippen molar-refractivity contribution in [1.29, 1.82) is 0 Å². The maximum atomic E-state index is 12.7. The van der Waals surface area contributed by atoms with Gasteiger partial charge in [-0.1, -0.05) is 0 Å². The number of imidazole rings is 1. The summed E-state index contributed by atoms with van der Waals surface area (Å²) in [5.74, 6) is 0.159. The predicted octanol–water partition coefficient (Wildman–Crippen LogP) is 1.21. The number of aryl methyl sites for hydroxylation is 1. The minimum Gasteiger partial charge on any atom is -0.338 e. The first-order chi connectivity index (χ1) is 12.2. The van der Waals surface area contributed by atoms with E-state index in [9.17, 15) is 22.8 Å². The van der Waals surface area contributed by atoms with Crippen LogP contribution in [-0.4, -0.2) is 37.1 Å². The fourth-order valence-electron chi connectivity index (χ4n) is 3.34. The van der Waals surface area contributed by atoms with Crippen molar-refractivity contribution < 1.29 is 13.2 Å². The number of halogens is 3. The molecule has 0 radical (unpaired) electrons. The lowest BCUT2D eigenvalue weighted by molar-refractivity contribution is -0.141. The predicted molar refractivity (Wildman–Crippen MR) is 87.8 cm³/mol. The maximum Gasteiger partial charge on any atom is 0.432 e. The van der Waals surface area contributed by atoms with Crippen LogP contribution in [0.4, 0.5) is 13.2 Å². The Labute approximate surface area is 147 Å². The van der Waals surface area contributed by atoms with E-state index in [0.717, 1.165) is 30.2 Å². The summed E-state index contributed by atoms with van der Waals surface area (Å²) in [6, 6.07) is 0. The third kappa shape index (κ3) is 3.59. The molecule has 26 heavy (non-hydrogen) atoms. The molecular formula is C16H20F3N5O2. The van der Waals surface area contributed by atoms with E-state index in [1.54, 1.807) is 7.05 Å². The van der Waals surface area contributed by atoms with Crippen LogP contribution in [0.15, 0.2) is 22.0 Å². The van der Waals surface area contributed by atoms with Gasteiger partial charge in [-0.3, -0.25) is 14.3 Å². The summed E-state index contributed by atoms with van der Waals surface area (Å²) in [4.78, 5) is 32.3. The number of piperidine rings is 1. The Bertz CT molecular complexity index is 912. The molecule has 2 aromatic heterocycles. The van der Waals surface area contributed by atoms with E-state index >= 15 is 0 Å². The van der Waals surface area contributed by atoms with Crippen molar-refractivity contribution in [3.63, 3.8) is 0 Å². The lowest BCUT2D eigenvalue weighted by Gasteiger charge is -2.31. The lowest BCUT2D eigenvalue weighted by Crippen LogP contribution is -2.41. The Kier molecular flexibility index (Phi) is 4.78. The molecule has 7 nitrogen and oxygen atoms in total. The molecule has 0 amide bonds. The summed E-state index contributed by atoms with van der Waals surface area (Å²) in [6.07, 6.45) is -0.591. The van der Waals surface area contributed by atoms with Crippen LogP contribution >= 0.6 is 0 Å². The standard InChI is InChI=1S/C16H20F3N5O2/c1-22-7-11(14(25)23(2)15(22)26)9-24-5-3-4-10(8-24)13-20-6-12(21-13)16(17,18)19/h6-7,10H,3-5,8-9H2,1-2H3,(H,20,21). The average Bonchev–Trinajstić information content (AvgIpc) is 3.08. The Hall–Kier alpha value is -2.36. The van der Waals surface area contributed by atoms with Crippen molar-refractivity contribution in [2.24, 2.45) is 14.1 Å². The van der Waals surface area contributed by atoms with Gasteiger partial charge in [0.15, 0.2) is 0 Å². The first-order valence-corrected chi connectivity index (χ1v) is 8.27. The molecule has 10 heteroatoms. The van der Waals surface area contributed by atoms with Crippen LogP contribution in [0.25, 0.3) is 0 Å². The molecule has 1 aliphatic heterocycles. The number of hydrogen-bond donors (Lipinski definition) is 1. The Balaban J connectivity index is 1.77. The number of hydrogen-bond acceptors (Lipinski definition) is 4. The van der Waals surface area contributed by atoms with Crippen LogP contribution in [0.2, 0.25) is 0 Å². The van der Waals surface area contributed by atoms with E-state index in [2.05, 4.69) is 9.97 Å². The maximum absolute atomic E-state index is 12.7. The van der Waals surface area contributed by atoms with E-state index in [4.69, 9.17) is 0 Å². The summed E-state index contributed by atoms with van der Waals surface area (Å²) in [6.45, 7) is 1.57. The van der Waals surface area contributed by atoms with Crippen molar-refractivity contribution in [2.45, 2.75) is 31.5 Å². The van der Waals surface area contributed by atoms with Gasteiger partial charge < -0.3 is 9.55 Å². The number of rotatable bonds is 3. The van der Waals surface area contributed by atoms with E-state index in [1.807, 2.05) is 4.90 Å². The summed E-state index contributed by atoms with van der Waals surface area (Å²) >= 11 is 0. The topological polar surface area (TPSA) is 75.9 Å². The summed E-state index contributed by atoms with van der Waals surface area (Å²) < 4.78 is 40.6. The normalized spacial score (nSPS) is 19.0. The highest BCUT2D eigenvalue weighted by Gasteiger charge is 2.34. The zero-order chi connectivity index (χ0) is 19.1. The van der Waals surface area contributed by atoms with Gasteiger partial charge in [-0.2, -0.15) is 13.2 Å². The summed E-state index contributed by atoms with van der Waals surface area (Å²) in [7, 11) is 3.00. The number of alkyl halides is 3. The molecule has 1 saturated heterocycles. The molecule has 0 aliphatic carbocycles. The minimum absolute atomic E-state index is 0.156. The van der Waals surface area contributed by atoms with Crippen LogP contribution in [0.1, 0.15) is 35.8 Å². The minimum atomic E-state index is -4.44. The molecule has 0 bridgehead atoms. The van der Waals surface area contributed by atoms with E-state index in [-0.39, 0.29) is 11.5 Å². The molecule has 3 rings (SSSR count). The first kappa shape index (κ1) is 18.4. The van der Waals surface area contributed by atoms with Gasteiger partial charge in [0.25, 0.3) is 5.56 Å². The Morgan fingerprint density at radius 3 is 2.69 bits per heavy atom. The van der Waals surface area contributed by atoms with E-state index in [0.29, 0.717) is 24.5 Å². The number of aromatic amines is 1. The molecular weight excluding hydrogens is 351 g/mol. The quantitative estimate of drug-likeness (QED) is 0.880. The van der Waals surface area contributed by atoms with Crippen molar-refractivity contribution >= 4 is 0 Å². The van der Waals surface area contributed by atoms with Gasteiger partial charge in [0, 0.05) is 44.9 Å². The SMILES string of the molecule is Cn1cc(CN2CCCC(c3ncc(C(F)(F)F)[nH]3)C2)c(=O)n(C)c1=O. The number of nitrogens with zero attached hydrogens (tertiary/aromatic N) is 4. The van der Waals surface area contributed by atoms with E-state index in [1.165, 1.54) is 17.8 Å². The highest BCUT2D eigenvalue weighted by molar-refractivity contribution is 5.11. The highest BCUT2D eigenvalue weighted by atomic mass is 19.4. The van der Waals surface area contributed by atoms with Crippen LogP contribution in [0, 0.1) is 0 Å². The van der Waals surface area contributed by atoms with Crippen molar-refractivity contribution in [3.8, 4) is 0 Å². The van der Waals surface area contributed by atoms with Crippen LogP contribution in [-0.2, 0) is 26.8 Å².